The van der Waals surface area contributed by atoms with E-state index in [0.29, 0.717) is 11.3 Å². The Morgan fingerprint density at radius 2 is 1.96 bits per heavy atom. The number of methoxy groups -OCH3 is 1. The van der Waals surface area contributed by atoms with Crippen molar-refractivity contribution in [2.45, 2.75) is 6.18 Å². The number of hydrogen-bond acceptors (Lipinski definition) is 3. The topological polar surface area (TPSA) is 58.6 Å². The van der Waals surface area contributed by atoms with Crippen LogP contribution in [-0.2, 0) is 11.0 Å². The first-order valence-corrected chi connectivity index (χ1v) is 6.83. The highest BCUT2D eigenvalue weighted by Gasteiger charge is 2.30. The molecule has 0 atom stereocenters. The van der Waals surface area contributed by atoms with Crippen molar-refractivity contribution in [2.24, 2.45) is 0 Å². The van der Waals surface area contributed by atoms with Crippen molar-refractivity contribution >= 4 is 17.7 Å². The third-order valence-corrected chi connectivity index (χ3v) is 3.11. The van der Waals surface area contributed by atoms with Gasteiger partial charge >= 0.3 is 6.18 Å². The summed E-state index contributed by atoms with van der Waals surface area (Å²) in [5, 5.41) is 12.1. The molecule has 4 nitrogen and oxygen atoms in total. The quantitative estimate of drug-likeness (QED) is 0.827. The van der Waals surface area contributed by atoms with Crippen LogP contribution in [-0.4, -0.2) is 18.1 Å². The molecule has 2 aromatic rings. The number of carbonyl (C=O) groups excluding carboxylic acids is 1. The van der Waals surface area contributed by atoms with Crippen LogP contribution < -0.4 is 10.1 Å². The number of anilines is 1. The molecule has 0 saturated carbocycles. The maximum atomic E-state index is 12.6. The first kappa shape index (κ1) is 17.4. The Balaban J connectivity index is 2.08. The zero-order valence-corrected chi connectivity index (χ0v) is 12.6. The minimum Gasteiger partial charge on any atom is -0.507 e. The summed E-state index contributed by atoms with van der Waals surface area (Å²) in [4.78, 5) is 11.8. The fourth-order valence-electron chi connectivity index (χ4n) is 1.91. The SMILES string of the molecule is COc1ccc(C=CC(=O)Nc2cccc(C(F)(F)F)c2)c(O)c1. The number of carbonyl (C=O) groups is 1. The predicted molar refractivity (Wildman–Crippen MR) is 83.8 cm³/mol. The highest BCUT2D eigenvalue weighted by atomic mass is 19.4. The van der Waals surface area contributed by atoms with E-state index < -0.39 is 17.6 Å². The molecule has 1 amide bonds. The molecule has 2 rings (SSSR count). The van der Waals surface area contributed by atoms with Crippen molar-refractivity contribution in [2.75, 3.05) is 12.4 Å². The van der Waals surface area contributed by atoms with Crippen LogP contribution in [0, 0.1) is 0 Å². The number of halogens is 3. The van der Waals surface area contributed by atoms with E-state index in [9.17, 15) is 23.1 Å². The number of amides is 1. The van der Waals surface area contributed by atoms with Crippen molar-refractivity contribution in [3.63, 3.8) is 0 Å². The second-order valence-corrected chi connectivity index (χ2v) is 4.83. The lowest BCUT2D eigenvalue weighted by molar-refractivity contribution is -0.137. The number of aromatic hydroxyl groups is 1. The Kier molecular flexibility index (Phi) is 5.13. The number of phenolic OH excluding ortho intramolecular Hbond substituents is 1. The van der Waals surface area contributed by atoms with Crippen LogP contribution >= 0.6 is 0 Å². The fourth-order valence-corrected chi connectivity index (χ4v) is 1.91. The predicted octanol–water partition coefficient (Wildman–Crippen LogP) is 4.07. The van der Waals surface area contributed by atoms with Crippen molar-refractivity contribution in [1.82, 2.24) is 0 Å². The van der Waals surface area contributed by atoms with Gasteiger partial charge in [0, 0.05) is 23.4 Å². The van der Waals surface area contributed by atoms with E-state index in [-0.39, 0.29) is 11.4 Å². The summed E-state index contributed by atoms with van der Waals surface area (Å²) in [7, 11) is 1.45. The van der Waals surface area contributed by atoms with Crippen LogP contribution in [0.1, 0.15) is 11.1 Å². The zero-order valence-electron chi connectivity index (χ0n) is 12.6. The Morgan fingerprint density at radius 3 is 2.58 bits per heavy atom. The molecule has 7 heteroatoms. The van der Waals surface area contributed by atoms with Crippen molar-refractivity contribution in [3.05, 3.63) is 59.7 Å². The van der Waals surface area contributed by atoms with Gasteiger partial charge < -0.3 is 15.2 Å². The summed E-state index contributed by atoms with van der Waals surface area (Å²) >= 11 is 0. The fraction of sp³-hybridized carbons (Fsp3) is 0.118. The smallest absolute Gasteiger partial charge is 0.416 e. The molecule has 0 heterocycles. The molecule has 0 spiro atoms. The Morgan fingerprint density at radius 1 is 1.21 bits per heavy atom. The number of ether oxygens (including phenoxy) is 1. The normalized spacial score (nSPS) is 11.5. The lowest BCUT2D eigenvalue weighted by atomic mass is 10.1. The first-order chi connectivity index (χ1) is 11.3. The maximum absolute atomic E-state index is 12.6. The van der Waals surface area contributed by atoms with E-state index in [1.54, 1.807) is 12.1 Å². The number of nitrogens with one attached hydrogen (secondary N) is 1. The average Bonchev–Trinajstić information content (AvgIpc) is 2.53. The largest absolute Gasteiger partial charge is 0.507 e. The van der Waals surface area contributed by atoms with E-state index in [0.717, 1.165) is 18.2 Å². The molecule has 2 N–H and O–H groups in total. The summed E-state index contributed by atoms with van der Waals surface area (Å²) in [6.07, 6.45) is -2.02. The van der Waals surface area contributed by atoms with Gasteiger partial charge in [0.05, 0.1) is 12.7 Å². The molecule has 0 radical (unpaired) electrons. The van der Waals surface area contributed by atoms with Gasteiger partial charge in [-0.15, -0.1) is 0 Å². The summed E-state index contributed by atoms with van der Waals surface area (Å²) in [6.45, 7) is 0. The van der Waals surface area contributed by atoms with Gasteiger partial charge in [-0.1, -0.05) is 6.07 Å². The third-order valence-electron chi connectivity index (χ3n) is 3.11. The van der Waals surface area contributed by atoms with Gasteiger partial charge in [-0.2, -0.15) is 13.2 Å². The molecule has 24 heavy (non-hydrogen) atoms. The number of alkyl halides is 3. The summed E-state index contributed by atoms with van der Waals surface area (Å²) in [6, 6.07) is 8.84. The number of phenols is 1. The van der Waals surface area contributed by atoms with Crippen LogP contribution in [0.3, 0.4) is 0 Å². The molecule has 0 aliphatic rings. The Bertz CT molecular complexity index is 770. The van der Waals surface area contributed by atoms with Gasteiger partial charge in [0.25, 0.3) is 0 Å². The zero-order chi connectivity index (χ0) is 17.7. The molecule has 0 saturated heterocycles. The molecule has 0 aromatic heterocycles. The first-order valence-electron chi connectivity index (χ1n) is 6.83. The minimum atomic E-state index is -4.48. The van der Waals surface area contributed by atoms with Crippen LogP contribution in [0.5, 0.6) is 11.5 Å². The molecule has 0 fully saturated rings. The Labute approximate surface area is 136 Å². The van der Waals surface area contributed by atoms with Gasteiger partial charge in [0.2, 0.25) is 5.91 Å². The standard InChI is InChI=1S/C17H14F3NO3/c1-24-14-7-5-11(15(22)10-14)6-8-16(23)21-13-4-2-3-12(9-13)17(18,19)20/h2-10,22H,1H3,(H,21,23). The van der Waals surface area contributed by atoms with E-state index in [4.69, 9.17) is 4.74 Å². The molecular formula is C17H14F3NO3. The highest BCUT2D eigenvalue weighted by molar-refractivity contribution is 6.02. The molecular weight excluding hydrogens is 323 g/mol. The van der Waals surface area contributed by atoms with Gasteiger partial charge in [-0.3, -0.25) is 4.79 Å². The highest BCUT2D eigenvalue weighted by Crippen LogP contribution is 2.30. The molecule has 0 unspecified atom stereocenters. The van der Waals surface area contributed by atoms with E-state index in [1.807, 2.05) is 0 Å². The van der Waals surface area contributed by atoms with Crippen LogP contribution in [0.2, 0.25) is 0 Å². The number of benzene rings is 2. The molecule has 0 bridgehead atoms. The van der Waals surface area contributed by atoms with Gasteiger partial charge in [-0.05, 0) is 36.4 Å². The number of hydrogen-bond donors (Lipinski definition) is 2. The maximum Gasteiger partial charge on any atom is 0.416 e. The molecule has 2 aromatic carbocycles. The Hall–Kier alpha value is -2.96. The van der Waals surface area contributed by atoms with E-state index in [1.165, 1.54) is 31.4 Å². The van der Waals surface area contributed by atoms with Crippen molar-refractivity contribution in [3.8, 4) is 11.5 Å². The van der Waals surface area contributed by atoms with Crippen LogP contribution in [0.25, 0.3) is 6.08 Å². The van der Waals surface area contributed by atoms with E-state index >= 15 is 0 Å². The summed E-state index contributed by atoms with van der Waals surface area (Å²) in [5.74, 6) is -0.250. The lowest BCUT2D eigenvalue weighted by Gasteiger charge is -2.08. The second kappa shape index (κ2) is 7.08. The average molecular weight is 337 g/mol. The van der Waals surface area contributed by atoms with Crippen molar-refractivity contribution in [1.29, 1.82) is 0 Å². The lowest BCUT2D eigenvalue weighted by Crippen LogP contribution is -2.10. The van der Waals surface area contributed by atoms with Gasteiger partial charge in [-0.25, -0.2) is 0 Å². The second-order valence-electron chi connectivity index (χ2n) is 4.83. The molecule has 126 valence electrons. The van der Waals surface area contributed by atoms with Gasteiger partial charge in [0.15, 0.2) is 0 Å². The number of rotatable bonds is 4. The van der Waals surface area contributed by atoms with Crippen molar-refractivity contribution < 1.29 is 27.8 Å². The molecule has 0 aliphatic carbocycles. The third kappa shape index (κ3) is 4.52. The van der Waals surface area contributed by atoms with Crippen LogP contribution in [0.4, 0.5) is 18.9 Å². The van der Waals surface area contributed by atoms with Crippen LogP contribution in [0.15, 0.2) is 48.5 Å². The van der Waals surface area contributed by atoms with Gasteiger partial charge in [0.1, 0.15) is 11.5 Å². The molecule has 0 aliphatic heterocycles. The summed E-state index contributed by atoms with van der Waals surface area (Å²) in [5.41, 5.74) is -0.453. The summed E-state index contributed by atoms with van der Waals surface area (Å²) < 4.78 is 42.8. The monoisotopic (exact) mass is 337 g/mol. The van der Waals surface area contributed by atoms with E-state index in [2.05, 4.69) is 5.32 Å². The minimum absolute atomic E-state index is 0.0263.